The Bertz CT molecular complexity index is 738. The molecule has 2 aromatic heterocycles. The van der Waals surface area contributed by atoms with E-state index in [-0.39, 0.29) is 5.56 Å². The number of hydrogen-bond acceptors (Lipinski definition) is 3. The van der Waals surface area contributed by atoms with Crippen LogP contribution in [0, 0.1) is 0 Å². The van der Waals surface area contributed by atoms with Gasteiger partial charge >= 0.3 is 5.97 Å². The van der Waals surface area contributed by atoms with E-state index in [9.17, 15) is 4.79 Å². The highest BCUT2D eigenvalue weighted by Crippen LogP contribution is 2.22. The van der Waals surface area contributed by atoms with Crippen molar-refractivity contribution in [2.24, 2.45) is 0 Å². The van der Waals surface area contributed by atoms with Crippen LogP contribution in [0.3, 0.4) is 0 Å². The van der Waals surface area contributed by atoms with E-state index in [1.54, 1.807) is 12.3 Å². The molecule has 0 aliphatic heterocycles. The number of carbonyl (C=O) groups is 1. The second-order valence-electron chi connectivity index (χ2n) is 3.74. The first-order chi connectivity index (χ1) is 8.25. The molecule has 4 heteroatoms. The molecule has 0 amide bonds. The van der Waals surface area contributed by atoms with Crippen LogP contribution in [-0.4, -0.2) is 21.0 Å². The van der Waals surface area contributed by atoms with Gasteiger partial charge in [0.2, 0.25) is 0 Å². The largest absolute Gasteiger partial charge is 0.478 e. The van der Waals surface area contributed by atoms with Gasteiger partial charge < -0.3 is 5.11 Å². The number of benzene rings is 1. The molecule has 17 heavy (non-hydrogen) atoms. The van der Waals surface area contributed by atoms with Crippen molar-refractivity contribution >= 4 is 27.8 Å². The Hall–Kier alpha value is -2.49. The maximum atomic E-state index is 10.9. The molecule has 0 bridgehead atoms. The van der Waals surface area contributed by atoms with Crippen LogP contribution < -0.4 is 0 Å². The van der Waals surface area contributed by atoms with Gasteiger partial charge in [-0.15, -0.1) is 0 Å². The van der Waals surface area contributed by atoms with Crippen molar-refractivity contribution in [2.75, 3.05) is 0 Å². The molecule has 1 aromatic carbocycles. The monoisotopic (exact) mass is 224 g/mol. The van der Waals surface area contributed by atoms with E-state index < -0.39 is 5.97 Å². The third kappa shape index (κ3) is 1.50. The zero-order valence-electron chi connectivity index (χ0n) is 8.79. The lowest BCUT2D eigenvalue weighted by Crippen LogP contribution is -1.97. The lowest BCUT2D eigenvalue weighted by Gasteiger charge is -2.02. The van der Waals surface area contributed by atoms with Gasteiger partial charge in [-0.3, -0.25) is 9.97 Å². The smallest absolute Gasteiger partial charge is 0.337 e. The summed E-state index contributed by atoms with van der Waals surface area (Å²) in [5.41, 5.74) is 1.71. The first kappa shape index (κ1) is 9.72. The number of rotatable bonds is 1. The molecule has 0 radical (unpaired) electrons. The first-order valence-electron chi connectivity index (χ1n) is 5.12. The summed E-state index contributed by atoms with van der Waals surface area (Å²) in [6.45, 7) is 0. The molecule has 0 aliphatic rings. The number of fused-ring (bicyclic) bond motifs is 3. The average molecular weight is 224 g/mol. The number of aromatic nitrogens is 2. The van der Waals surface area contributed by atoms with Crippen molar-refractivity contribution in [1.82, 2.24) is 9.97 Å². The third-order valence-electron chi connectivity index (χ3n) is 2.67. The Balaban J connectivity index is 2.41. The van der Waals surface area contributed by atoms with Gasteiger partial charge in [0.15, 0.2) is 0 Å². The van der Waals surface area contributed by atoms with Crippen molar-refractivity contribution in [3.8, 4) is 0 Å². The number of carboxylic acids is 1. The minimum atomic E-state index is -0.972. The molecular formula is C13H8N2O2. The van der Waals surface area contributed by atoms with Gasteiger partial charge in [0, 0.05) is 23.2 Å². The number of aromatic carboxylic acids is 1. The standard InChI is InChI=1S/C13H8N2O2/c16-13(17)10-6-9-4-3-8-2-1-5-14-11(8)12(9)15-7-10/h1-7H,(H,16,17). The van der Waals surface area contributed by atoms with E-state index in [0.29, 0.717) is 0 Å². The predicted octanol–water partition coefficient (Wildman–Crippen LogP) is 2.48. The highest BCUT2D eigenvalue weighted by atomic mass is 16.4. The lowest BCUT2D eigenvalue weighted by atomic mass is 10.1. The van der Waals surface area contributed by atoms with Crippen LogP contribution >= 0.6 is 0 Å². The van der Waals surface area contributed by atoms with Crippen molar-refractivity contribution in [2.45, 2.75) is 0 Å². The second kappa shape index (κ2) is 3.52. The zero-order valence-corrected chi connectivity index (χ0v) is 8.79. The van der Waals surface area contributed by atoms with Crippen molar-refractivity contribution in [1.29, 1.82) is 0 Å². The van der Waals surface area contributed by atoms with Crippen LogP contribution in [0.1, 0.15) is 10.4 Å². The van der Waals surface area contributed by atoms with Gasteiger partial charge in [0.1, 0.15) is 0 Å². The summed E-state index contributed by atoms with van der Waals surface area (Å²) in [6.07, 6.45) is 3.06. The summed E-state index contributed by atoms with van der Waals surface area (Å²) in [5, 5.41) is 10.7. The minimum absolute atomic E-state index is 0.188. The number of carboxylic acid groups (broad SMARTS) is 1. The molecule has 0 saturated carbocycles. The molecule has 2 heterocycles. The maximum absolute atomic E-state index is 10.9. The predicted molar refractivity (Wildman–Crippen MR) is 64.0 cm³/mol. The quantitative estimate of drug-likeness (QED) is 0.645. The Morgan fingerprint density at radius 1 is 1.06 bits per heavy atom. The van der Waals surface area contributed by atoms with Gasteiger partial charge in [-0.25, -0.2) is 4.79 Å². The SMILES string of the molecule is O=C(O)c1cnc2c(ccc3cccnc32)c1. The first-order valence-corrected chi connectivity index (χ1v) is 5.12. The fourth-order valence-corrected chi connectivity index (χ4v) is 1.85. The summed E-state index contributed by atoms with van der Waals surface area (Å²) in [4.78, 5) is 19.3. The number of hydrogen-bond donors (Lipinski definition) is 1. The van der Waals surface area contributed by atoms with Crippen LogP contribution in [0.15, 0.2) is 42.7 Å². The Morgan fingerprint density at radius 3 is 2.65 bits per heavy atom. The van der Waals surface area contributed by atoms with Gasteiger partial charge in [-0.05, 0) is 12.1 Å². The molecule has 1 N–H and O–H groups in total. The molecule has 3 rings (SSSR count). The van der Waals surface area contributed by atoms with E-state index in [1.807, 2.05) is 24.3 Å². The summed E-state index contributed by atoms with van der Waals surface area (Å²) in [5.74, 6) is -0.972. The van der Waals surface area contributed by atoms with Crippen molar-refractivity contribution in [3.63, 3.8) is 0 Å². The summed E-state index contributed by atoms with van der Waals surface area (Å²) in [7, 11) is 0. The molecule has 0 fully saturated rings. The maximum Gasteiger partial charge on any atom is 0.337 e. The van der Waals surface area contributed by atoms with Gasteiger partial charge in [-0.2, -0.15) is 0 Å². The summed E-state index contributed by atoms with van der Waals surface area (Å²) < 4.78 is 0. The van der Waals surface area contributed by atoms with E-state index in [2.05, 4.69) is 9.97 Å². The fourth-order valence-electron chi connectivity index (χ4n) is 1.85. The fraction of sp³-hybridized carbons (Fsp3) is 0. The van der Waals surface area contributed by atoms with E-state index in [4.69, 9.17) is 5.11 Å². The normalized spacial score (nSPS) is 10.8. The summed E-state index contributed by atoms with van der Waals surface area (Å²) in [6, 6.07) is 9.20. The van der Waals surface area contributed by atoms with Gasteiger partial charge in [0.05, 0.1) is 16.6 Å². The Kier molecular flexibility index (Phi) is 2.01. The molecule has 4 nitrogen and oxygen atoms in total. The molecule has 82 valence electrons. The topological polar surface area (TPSA) is 63.1 Å². The highest BCUT2D eigenvalue weighted by Gasteiger charge is 2.07. The Labute approximate surface area is 96.6 Å². The van der Waals surface area contributed by atoms with Crippen LogP contribution in [0.5, 0.6) is 0 Å². The number of pyridine rings is 2. The van der Waals surface area contributed by atoms with Crippen LogP contribution in [0.4, 0.5) is 0 Å². The van der Waals surface area contributed by atoms with Crippen LogP contribution in [-0.2, 0) is 0 Å². The molecule has 0 spiro atoms. The van der Waals surface area contributed by atoms with Gasteiger partial charge in [-0.1, -0.05) is 18.2 Å². The van der Waals surface area contributed by atoms with Crippen molar-refractivity contribution in [3.05, 3.63) is 48.3 Å². The van der Waals surface area contributed by atoms with Crippen LogP contribution in [0.2, 0.25) is 0 Å². The van der Waals surface area contributed by atoms with E-state index in [1.165, 1.54) is 6.20 Å². The third-order valence-corrected chi connectivity index (χ3v) is 2.67. The van der Waals surface area contributed by atoms with Crippen LogP contribution in [0.25, 0.3) is 21.8 Å². The lowest BCUT2D eigenvalue weighted by molar-refractivity contribution is 0.0696. The molecule has 0 atom stereocenters. The Morgan fingerprint density at radius 2 is 1.82 bits per heavy atom. The number of nitrogens with zero attached hydrogens (tertiary/aromatic N) is 2. The highest BCUT2D eigenvalue weighted by molar-refractivity contribution is 6.04. The molecule has 0 unspecified atom stereocenters. The molecule has 3 aromatic rings. The molecule has 0 saturated heterocycles. The van der Waals surface area contributed by atoms with E-state index >= 15 is 0 Å². The van der Waals surface area contributed by atoms with Crippen molar-refractivity contribution < 1.29 is 9.90 Å². The summed E-state index contributed by atoms with van der Waals surface area (Å²) >= 11 is 0. The molecule has 0 aliphatic carbocycles. The van der Waals surface area contributed by atoms with Gasteiger partial charge in [0.25, 0.3) is 0 Å². The minimum Gasteiger partial charge on any atom is -0.478 e. The average Bonchev–Trinajstić information content (AvgIpc) is 2.38. The zero-order chi connectivity index (χ0) is 11.8. The second-order valence-corrected chi connectivity index (χ2v) is 3.74. The van der Waals surface area contributed by atoms with E-state index in [0.717, 1.165) is 21.8 Å². The molecular weight excluding hydrogens is 216 g/mol.